The molecule has 0 aromatic carbocycles. The molecule has 4 aromatic rings. The second-order valence-corrected chi connectivity index (χ2v) is 23.6. The highest BCUT2D eigenvalue weighted by Gasteiger charge is 2.60. The first-order chi connectivity index (χ1) is 24.2. The Kier molecular flexibility index (Phi) is 12.1. The highest BCUT2D eigenvalue weighted by molar-refractivity contribution is 6.84. The van der Waals surface area contributed by atoms with E-state index in [1.165, 1.54) is 12.7 Å². The van der Waals surface area contributed by atoms with E-state index < -0.39 is 35.6 Å². The highest BCUT2D eigenvalue weighted by atomic mass is 28.5. The first-order valence-electron chi connectivity index (χ1n) is 17.7. The van der Waals surface area contributed by atoms with Gasteiger partial charge in [0.1, 0.15) is 48.4 Å². The molecule has 52 heavy (non-hydrogen) atoms. The smallest absolute Gasteiger partial charge is 0.335 e. The zero-order chi connectivity index (χ0) is 36.8. The maximum absolute atomic E-state index is 9.71. The van der Waals surface area contributed by atoms with Crippen LogP contribution in [-0.2, 0) is 22.4 Å². The van der Waals surface area contributed by atoms with Crippen molar-refractivity contribution in [2.45, 2.75) is 135 Å². The zero-order valence-electron chi connectivity index (χ0n) is 30.6. The molecule has 0 saturated carbocycles. The van der Waals surface area contributed by atoms with E-state index in [-0.39, 0.29) is 43.6 Å². The number of fused-ring (bicyclic) bond motifs is 3. The quantitative estimate of drug-likeness (QED) is 0.192. The van der Waals surface area contributed by atoms with Crippen LogP contribution >= 0.6 is 0 Å². The van der Waals surface area contributed by atoms with E-state index in [2.05, 4.69) is 85.3 Å². The Balaban J connectivity index is 0.000000232. The fourth-order valence-electron chi connectivity index (χ4n) is 7.52. The zero-order valence-corrected chi connectivity index (χ0v) is 32.6. The molecule has 0 bridgehead atoms. The number of rotatable bonds is 7. The number of hydrogen-bond donors (Lipinski definition) is 4. The van der Waals surface area contributed by atoms with Crippen LogP contribution in [0.25, 0.3) is 22.3 Å². The lowest BCUT2D eigenvalue weighted by atomic mass is 10.2. The molecule has 2 unspecified atom stereocenters. The maximum atomic E-state index is 9.71. The van der Waals surface area contributed by atoms with Crippen molar-refractivity contribution in [1.82, 2.24) is 39.0 Å². The first kappa shape index (κ1) is 40.0. The number of aliphatic hydroxyl groups excluding tert-OH is 2. The summed E-state index contributed by atoms with van der Waals surface area (Å²) < 4.78 is 36.9. The molecule has 3 fully saturated rings. The Morgan fingerprint density at radius 1 is 0.731 bits per heavy atom. The molecule has 0 aliphatic carbocycles. The van der Waals surface area contributed by atoms with Crippen molar-refractivity contribution in [1.29, 1.82) is 0 Å². The highest BCUT2D eigenvalue weighted by Crippen LogP contribution is 2.48. The SMILES string of the molecule is C.CC(C)[Si]1(C(C)C)OC[C@@H]2O[C@H](n3cnc4c(N)ncnc43)CC2O[Si](C(C)C)(C(C)C)O1.Nc1ncnc2c1ncn2[C@@H]1CC(O)[C@H](CO)O1. The van der Waals surface area contributed by atoms with Gasteiger partial charge in [-0.1, -0.05) is 62.8 Å². The average molecular weight is 761 g/mol. The van der Waals surface area contributed by atoms with E-state index in [1.54, 1.807) is 17.2 Å². The van der Waals surface area contributed by atoms with Crippen LogP contribution in [0.2, 0.25) is 22.2 Å². The van der Waals surface area contributed by atoms with Gasteiger partial charge >= 0.3 is 17.1 Å². The summed E-state index contributed by atoms with van der Waals surface area (Å²) in [6.45, 7) is 18.1. The summed E-state index contributed by atoms with van der Waals surface area (Å²) in [7, 11) is -5.24. The van der Waals surface area contributed by atoms with E-state index >= 15 is 0 Å². The minimum Gasteiger partial charge on any atom is -0.414 e. The lowest BCUT2D eigenvalue weighted by molar-refractivity contribution is -0.0544. The van der Waals surface area contributed by atoms with Gasteiger partial charge in [-0.05, 0) is 22.2 Å². The number of imidazole rings is 2. The molecule has 3 saturated heterocycles. The number of ether oxygens (including phenoxy) is 2. The summed E-state index contributed by atoms with van der Waals surface area (Å²) in [6.07, 6.45) is 4.91. The first-order valence-corrected chi connectivity index (χ1v) is 21.6. The molecule has 6 N–H and O–H groups in total. The average Bonchev–Trinajstić information content (AvgIpc) is 3.86. The number of nitrogens with zero attached hydrogens (tertiary/aromatic N) is 8. The second-order valence-electron chi connectivity index (χ2n) is 14.8. The van der Waals surface area contributed by atoms with Gasteiger partial charge < -0.3 is 44.1 Å². The van der Waals surface area contributed by atoms with Gasteiger partial charge in [0.05, 0.1) is 38.1 Å². The molecule has 7 rings (SSSR count). The molecule has 4 aromatic heterocycles. The van der Waals surface area contributed by atoms with Crippen LogP contribution < -0.4 is 11.5 Å². The third kappa shape index (κ3) is 7.09. The third-order valence-corrected chi connectivity index (χ3v) is 20.6. The van der Waals surface area contributed by atoms with E-state index in [0.29, 0.717) is 64.5 Å². The minimum absolute atomic E-state index is 0. The summed E-state index contributed by atoms with van der Waals surface area (Å²) >= 11 is 0. The Morgan fingerprint density at radius 3 is 1.69 bits per heavy atom. The van der Waals surface area contributed by atoms with E-state index in [4.69, 9.17) is 39.0 Å². The summed E-state index contributed by atoms with van der Waals surface area (Å²) in [6, 6.07) is 0. The third-order valence-electron chi connectivity index (χ3n) is 10.3. The van der Waals surface area contributed by atoms with Crippen molar-refractivity contribution in [3.63, 3.8) is 0 Å². The molecule has 3 aliphatic rings. The van der Waals surface area contributed by atoms with Crippen LogP contribution in [0.1, 0.15) is 88.1 Å². The molecule has 3 aliphatic heterocycles. The Bertz CT molecular complexity index is 1790. The Hall–Kier alpha value is -3.15. The summed E-state index contributed by atoms with van der Waals surface area (Å²) in [5.41, 5.74) is 15.2. The van der Waals surface area contributed by atoms with Gasteiger partial charge in [-0.3, -0.25) is 9.13 Å². The second kappa shape index (κ2) is 15.7. The van der Waals surface area contributed by atoms with Crippen LogP contribution in [0.4, 0.5) is 11.6 Å². The number of hydrogen-bond acceptors (Lipinski definition) is 15. The number of anilines is 2. The van der Waals surface area contributed by atoms with Gasteiger partial charge in [0, 0.05) is 12.8 Å². The predicted octanol–water partition coefficient (Wildman–Crippen LogP) is 4.34. The van der Waals surface area contributed by atoms with Crippen LogP contribution in [0.15, 0.2) is 25.3 Å². The van der Waals surface area contributed by atoms with Gasteiger partial charge in [-0.25, -0.2) is 29.9 Å². The number of nitrogen functional groups attached to an aromatic ring is 2. The van der Waals surface area contributed by atoms with Crippen LogP contribution in [0, 0.1) is 0 Å². The van der Waals surface area contributed by atoms with Gasteiger partial charge in [0.15, 0.2) is 22.9 Å². The van der Waals surface area contributed by atoms with Crippen molar-refractivity contribution in [3.05, 3.63) is 25.3 Å². The van der Waals surface area contributed by atoms with Crippen LogP contribution in [0.5, 0.6) is 0 Å². The molecular weight excluding hydrogens is 705 g/mol. The molecule has 7 heterocycles. The summed E-state index contributed by atoms with van der Waals surface area (Å²) in [4.78, 5) is 25.0. The molecule has 0 amide bonds. The normalized spacial score (nSPS) is 27.1. The molecular formula is C33H56N10O7Si2. The molecule has 288 valence electrons. The van der Waals surface area contributed by atoms with E-state index in [0.717, 1.165) is 0 Å². The lowest BCUT2D eigenvalue weighted by Gasteiger charge is -2.51. The number of aromatic nitrogens is 8. The summed E-state index contributed by atoms with van der Waals surface area (Å²) in [5.74, 6) is 0.669. The topological polar surface area (TPSA) is 226 Å². The molecule has 19 heteroatoms. The largest absolute Gasteiger partial charge is 0.414 e. The predicted molar refractivity (Wildman–Crippen MR) is 200 cm³/mol. The Labute approximate surface area is 306 Å². The van der Waals surface area contributed by atoms with Crippen LogP contribution in [-0.4, -0.2) is 104 Å². The molecule has 6 atom stereocenters. The van der Waals surface area contributed by atoms with E-state index in [9.17, 15) is 5.11 Å². The molecule has 0 spiro atoms. The minimum atomic E-state index is -2.66. The van der Waals surface area contributed by atoms with Crippen molar-refractivity contribution in [3.8, 4) is 0 Å². The number of aliphatic hydroxyl groups is 2. The van der Waals surface area contributed by atoms with Gasteiger partial charge in [-0.2, -0.15) is 0 Å². The Morgan fingerprint density at radius 2 is 1.23 bits per heavy atom. The van der Waals surface area contributed by atoms with Crippen molar-refractivity contribution in [2.24, 2.45) is 0 Å². The standard InChI is InChI=1S/C22H39N5O4Si2.C10H13N5O3.CH4/c1-13(2)32(14(3)4)28-10-18-17(30-33(31-32,15(5)6)16(7)8)9-19(29-18)27-12-26-20-21(23)24-11-25-22(20)27;11-9-8-10(13-3-12-9)15(4-14-8)7-1-5(17)6(2-16)18-7;/h11-19H,9-10H2,1-8H3,(H2,23,24,25);3-7,16-17H,1-2H2,(H2,11,12,13);1H4/t17?,18-,19-;5?,6-,7-;/m00./s1. The van der Waals surface area contributed by atoms with Gasteiger partial charge in [-0.15, -0.1) is 0 Å². The fourth-order valence-corrected chi connectivity index (χ4v) is 18.7. The van der Waals surface area contributed by atoms with Crippen molar-refractivity contribution >= 4 is 51.1 Å². The lowest BCUT2D eigenvalue weighted by Crippen LogP contribution is -2.65. The molecule has 0 radical (unpaired) electrons. The van der Waals surface area contributed by atoms with E-state index in [1.807, 2.05) is 4.57 Å². The monoisotopic (exact) mass is 760 g/mol. The fraction of sp³-hybridized carbons (Fsp3) is 0.697. The van der Waals surface area contributed by atoms with Crippen LogP contribution in [0.3, 0.4) is 0 Å². The van der Waals surface area contributed by atoms with Crippen molar-refractivity contribution < 1.29 is 32.7 Å². The van der Waals surface area contributed by atoms with Crippen molar-refractivity contribution in [2.75, 3.05) is 24.7 Å². The van der Waals surface area contributed by atoms with Gasteiger partial charge in [0.25, 0.3) is 0 Å². The number of nitrogens with two attached hydrogens (primary N) is 2. The summed E-state index contributed by atoms with van der Waals surface area (Å²) in [5, 5.41) is 18.8. The van der Waals surface area contributed by atoms with Gasteiger partial charge in [0.2, 0.25) is 0 Å². The molecule has 17 nitrogen and oxygen atoms in total. The maximum Gasteiger partial charge on any atom is 0.335 e.